The second kappa shape index (κ2) is 12.6. The Hall–Kier alpha value is -2.79. The lowest BCUT2D eigenvalue weighted by atomic mass is 9.93. The topological polar surface area (TPSA) is 106 Å². The summed E-state index contributed by atoms with van der Waals surface area (Å²) in [6.45, 7) is 8.34. The highest BCUT2D eigenvalue weighted by Gasteiger charge is 2.36. The Kier molecular flexibility index (Phi) is 9.42. The first-order valence-electron chi connectivity index (χ1n) is 13.0. The molecule has 2 atom stereocenters. The minimum absolute atomic E-state index is 0.355. The predicted octanol–water partition coefficient (Wildman–Crippen LogP) is 7.48. The Bertz CT molecular complexity index is 1310. The minimum Gasteiger partial charge on any atom is -0.465 e. The zero-order valence-corrected chi connectivity index (χ0v) is 24.8. The summed E-state index contributed by atoms with van der Waals surface area (Å²) in [4.78, 5) is 26.4. The molecule has 1 aliphatic rings. The summed E-state index contributed by atoms with van der Waals surface area (Å²) < 4.78 is 13.5. The van der Waals surface area contributed by atoms with Crippen molar-refractivity contribution in [3.63, 3.8) is 0 Å². The number of likely N-dealkylation sites (tertiary alicyclic amines) is 1. The molecule has 0 radical (unpaired) electrons. The predicted molar refractivity (Wildman–Crippen MR) is 156 cm³/mol. The molecule has 0 aliphatic carbocycles. The van der Waals surface area contributed by atoms with Gasteiger partial charge in [0.25, 0.3) is 0 Å². The number of carboxylic acid groups (broad SMARTS) is 1. The maximum Gasteiger partial charge on any atom is 0.412 e. The van der Waals surface area contributed by atoms with Crippen LogP contribution in [0.5, 0.6) is 0 Å². The molecule has 2 amide bonds. The minimum atomic E-state index is -1.17. The van der Waals surface area contributed by atoms with Gasteiger partial charge in [-0.25, -0.2) is 14.3 Å². The molecule has 4 rings (SSSR count). The van der Waals surface area contributed by atoms with Crippen molar-refractivity contribution in [1.82, 2.24) is 14.7 Å². The fourth-order valence-corrected chi connectivity index (χ4v) is 5.98. The lowest BCUT2D eigenvalue weighted by Crippen LogP contribution is -2.47. The molecule has 0 saturated carbocycles. The second-order valence-electron chi connectivity index (χ2n) is 11.0. The lowest BCUT2D eigenvalue weighted by Gasteiger charge is -2.38. The van der Waals surface area contributed by atoms with Crippen LogP contribution in [0.25, 0.3) is 10.9 Å². The number of fused-ring (bicyclic) bond motifs is 1. The van der Waals surface area contributed by atoms with Gasteiger partial charge in [-0.3, -0.25) is 5.32 Å². The van der Waals surface area contributed by atoms with Gasteiger partial charge in [-0.2, -0.15) is 5.10 Å². The van der Waals surface area contributed by atoms with Gasteiger partial charge in [0.15, 0.2) is 0 Å². The summed E-state index contributed by atoms with van der Waals surface area (Å²) >= 11 is 12.5. The van der Waals surface area contributed by atoms with Gasteiger partial charge in [-0.05, 0) is 67.3 Å². The summed E-state index contributed by atoms with van der Waals surface area (Å²) in [6.07, 6.45) is 1.15. The molecule has 1 aromatic heterocycles. The number of rotatable bonds is 9. The number of carbonyl (C=O) groups is 2. The molecule has 2 heterocycles. The Balaban J connectivity index is 1.48. The molecule has 9 nitrogen and oxygen atoms in total. The van der Waals surface area contributed by atoms with E-state index in [0.717, 1.165) is 29.8 Å². The molecular formula is C27H34Cl2N4O5Si. The lowest BCUT2D eigenvalue weighted by molar-refractivity contribution is 0.0178. The van der Waals surface area contributed by atoms with Crippen LogP contribution < -0.4 is 5.32 Å². The van der Waals surface area contributed by atoms with Gasteiger partial charge in [0.2, 0.25) is 0 Å². The van der Waals surface area contributed by atoms with E-state index < -0.39 is 32.4 Å². The van der Waals surface area contributed by atoms with E-state index in [0.29, 0.717) is 47.6 Å². The van der Waals surface area contributed by atoms with Crippen molar-refractivity contribution >= 4 is 60.1 Å². The Labute approximate surface area is 239 Å². The van der Waals surface area contributed by atoms with Gasteiger partial charge >= 0.3 is 12.2 Å². The number of nitrogens with one attached hydrogen (secondary N) is 1. The fourth-order valence-electron chi connectivity index (χ4n) is 4.68. The number of hydrogen-bond acceptors (Lipinski definition) is 5. The Morgan fingerprint density at radius 1 is 1.15 bits per heavy atom. The van der Waals surface area contributed by atoms with Crippen molar-refractivity contribution in [1.29, 1.82) is 0 Å². The van der Waals surface area contributed by atoms with Crippen molar-refractivity contribution in [3.8, 4) is 0 Å². The number of ether oxygens (including phenoxy) is 2. The number of benzene rings is 2. The molecule has 39 heavy (non-hydrogen) atoms. The first kappa shape index (κ1) is 29.2. The first-order chi connectivity index (χ1) is 18.5. The van der Waals surface area contributed by atoms with Crippen LogP contribution in [0.3, 0.4) is 0 Å². The largest absolute Gasteiger partial charge is 0.465 e. The van der Waals surface area contributed by atoms with Crippen LogP contribution in [0.4, 0.5) is 15.3 Å². The molecule has 3 aromatic rings. The van der Waals surface area contributed by atoms with E-state index in [1.807, 2.05) is 6.07 Å². The van der Waals surface area contributed by atoms with Crippen molar-refractivity contribution < 1.29 is 24.2 Å². The average molecular weight is 594 g/mol. The summed E-state index contributed by atoms with van der Waals surface area (Å²) in [6, 6.07) is 10.8. The van der Waals surface area contributed by atoms with Crippen LogP contribution in [0, 0.1) is 0 Å². The smallest absolute Gasteiger partial charge is 0.412 e. The number of amides is 2. The van der Waals surface area contributed by atoms with E-state index in [2.05, 4.69) is 30.1 Å². The maximum atomic E-state index is 13.1. The molecule has 2 aromatic carbocycles. The third-order valence-electron chi connectivity index (χ3n) is 6.69. The van der Waals surface area contributed by atoms with E-state index in [1.54, 1.807) is 41.2 Å². The highest BCUT2D eigenvalue weighted by Crippen LogP contribution is 2.35. The number of anilines is 1. The normalized spacial score (nSPS) is 16.7. The highest BCUT2D eigenvalue weighted by atomic mass is 35.5. The van der Waals surface area contributed by atoms with Gasteiger partial charge in [-0.1, -0.05) is 42.8 Å². The fraction of sp³-hybridized carbons (Fsp3) is 0.444. The molecular weight excluding hydrogens is 559 g/mol. The molecule has 1 aliphatic heterocycles. The first-order valence-corrected chi connectivity index (χ1v) is 17.4. The maximum absolute atomic E-state index is 13.1. The van der Waals surface area contributed by atoms with E-state index in [1.165, 1.54) is 4.90 Å². The van der Waals surface area contributed by atoms with Crippen LogP contribution in [-0.2, 0) is 16.2 Å². The zero-order valence-electron chi connectivity index (χ0n) is 22.3. The van der Waals surface area contributed by atoms with Gasteiger partial charge < -0.3 is 19.5 Å². The van der Waals surface area contributed by atoms with Crippen molar-refractivity contribution in [3.05, 3.63) is 58.2 Å². The van der Waals surface area contributed by atoms with Gasteiger partial charge in [0.05, 0.1) is 17.8 Å². The molecule has 2 unspecified atom stereocenters. The van der Waals surface area contributed by atoms with Crippen LogP contribution in [0.15, 0.2) is 42.6 Å². The molecule has 210 valence electrons. The van der Waals surface area contributed by atoms with Crippen molar-refractivity contribution in [2.24, 2.45) is 0 Å². The molecule has 0 spiro atoms. The Morgan fingerprint density at radius 3 is 2.59 bits per heavy atom. The second-order valence-corrected chi connectivity index (χ2v) is 17.5. The van der Waals surface area contributed by atoms with Crippen LogP contribution in [0.1, 0.15) is 30.9 Å². The van der Waals surface area contributed by atoms with Gasteiger partial charge in [-0.15, -0.1) is 0 Å². The molecule has 2 N–H and O–H groups in total. The van der Waals surface area contributed by atoms with E-state index in [-0.39, 0.29) is 0 Å². The number of carbonyl (C=O) groups excluding carboxylic acids is 1. The molecule has 1 saturated heterocycles. The van der Waals surface area contributed by atoms with E-state index in [9.17, 15) is 14.7 Å². The molecule has 0 bridgehead atoms. The zero-order chi connectivity index (χ0) is 28.2. The monoisotopic (exact) mass is 592 g/mol. The number of hydrogen-bond donors (Lipinski definition) is 2. The molecule has 12 heteroatoms. The number of aromatic nitrogens is 2. The highest BCUT2D eigenvalue weighted by molar-refractivity contribution is 6.76. The average Bonchev–Trinajstić information content (AvgIpc) is 3.26. The number of piperidine rings is 1. The van der Waals surface area contributed by atoms with Gasteiger partial charge in [0.1, 0.15) is 12.8 Å². The standard InChI is InChI=1S/C27H34Cl2N4O5Si/c1-39(2,3)11-10-37-17-33-23-8-7-22(14-19(23)16-30-33)31-26(34)38-25(18-12-20(28)15-21(29)13-18)24-6-4-5-9-32(24)27(35)36/h7-8,12-16,24-25H,4-6,9-11,17H2,1-3H3,(H,31,34)(H,35,36). The third kappa shape index (κ3) is 7.88. The van der Waals surface area contributed by atoms with Crippen LogP contribution >= 0.6 is 23.2 Å². The summed E-state index contributed by atoms with van der Waals surface area (Å²) in [5.41, 5.74) is 1.94. The summed E-state index contributed by atoms with van der Waals surface area (Å²) in [5, 5.41) is 18.6. The van der Waals surface area contributed by atoms with Crippen LogP contribution in [-0.4, -0.2) is 59.2 Å². The SMILES string of the molecule is C[Si](C)(C)CCOCn1ncc2cc(NC(=O)OC(c3cc(Cl)cc(Cl)c3)C3CCCCN3C(=O)O)ccc21. The number of nitrogens with zero attached hydrogens (tertiary/aromatic N) is 3. The Morgan fingerprint density at radius 2 is 1.90 bits per heavy atom. The summed E-state index contributed by atoms with van der Waals surface area (Å²) in [7, 11) is -1.17. The third-order valence-corrected chi connectivity index (χ3v) is 8.83. The molecule has 1 fully saturated rings. The van der Waals surface area contributed by atoms with E-state index in [4.69, 9.17) is 32.7 Å². The van der Waals surface area contributed by atoms with Crippen molar-refractivity contribution in [2.45, 2.75) is 63.8 Å². The van der Waals surface area contributed by atoms with Gasteiger partial charge in [0, 0.05) is 42.3 Å². The number of halogens is 2. The van der Waals surface area contributed by atoms with Crippen LogP contribution in [0.2, 0.25) is 35.7 Å². The van der Waals surface area contributed by atoms with E-state index >= 15 is 0 Å². The van der Waals surface area contributed by atoms with Crippen molar-refractivity contribution in [2.75, 3.05) is 18.5 Å². The quantitative estimate of drug-likeness (QED) is 0.197. The summed E-state index contributed by atoms with van der Waals surface area (Å²) in [5.74, 6) is 0.